The molecule has 0 bridgehead atoms. The number of nitrogens with zero attached hydrogens (tertiary/aromatic N) is 3. The van der Waals surface area contributed by atoms with Gasteiger partial charge in [-0.1, -0.05) is 35.9 Å². The smallest absolute Gasteiger partial charge is 0.254 e. The first kappa shape index (κ1) is 25.6. The third kappa shape index (κ3) is 6.03. The maximum Gasteiger partial charge on any atom is 0.254 e. The second-order valence-electron chi connectivity index (χ2n) is 10.1. The van der Waals surface area contributed by atoms with Crippen molar-refractivity contribution in [3.63, 3.8) is 0 Å². The fraction of sp³-hybridized carbons (Fsp3) is 0.355. The van der Waals surface area contributed by atoms with Gasteiger partial charge in [-0.05, 0) is 93.6 Å². The number of benzene rings is 2. The van der Waals surface area contributed by atoms with E-state index < -0.39 is 0 Å². The zero-order valence-corrected chi connectivity index (χ0v) is 21.8. The summed E-state index contributed by atoms with van der Waals surface area (Å²) in [5.41, 5.74) is 6.41. The minimum absolute atomic E-state index is 0.0564. The molecule has 5 heteroatoms. The number of rotatable bonds is 7. The van der Waals surface area contributed by atoms with Crippen molar-refractivity contribution >= 4 is 11.5 Å². The second kappa shape index (κ2) is 11.5. The van der Waals surface area contributed by atoms with E-state index in [9.17, 15) is 9.90 Å². The van der Waals surface area contributed by atoms with Crippen LogP contribution in [-0.2, 0) is 6.54 Å². The highest BCUT2D eigenvalue weighted by molar-refractivity contribution is 5.95. The number of carbonyl (C=O) groups is 1. The summed E-state index contributed by atoms with van der Waals surface area (Å²) in [5, 5.41) is 10.2. The van der Waals surface area contributed by atoms with E-state index in [1.54, 1.807) is 6.07 Å². The van der Waals surface area contributed by atoms with Crippen molar-refractivity contribution in [3.05, 3.63) is 101 Å². The summed E-state index contributed by atoms with van der Waals surface area (Å²) >= 11 is 0. The molecule has 1 amide bonds. The molecule has 0 spiro atoms. The van der Waals surface area contributed by atoms with Crippen LogP contribution in [0, 0.1) is 0 Å². The van der Waals surface area contributed by atoms with E-state index in [-0.39, 0.29) is 23.7 Å². The lowest BCUT2D eigenvalue weighted by Gasteiger charge is -2.31. The van der Waals surface area contributed by atoms with Gasteiger partial charge in [-0.15, -0.1) is 0 Å². The van der Waals surface area contributed by atoms with Crippen molar-refractivity contribution in [2.75, 3.05) is 13.1 Å². The molecule has 0 radical (unpaired) electrons. The van der Waals surface area contributed by atoms with Crippen molar-refractivity contribution in [1.82, 2.24) is 14.8 Å². The molecular weight excluding hydrogens is 446 g/mol. The lowest BCUT2D eigenvalue weighted by Crippen LogP contribution is -2.42. The van der Waals surface area contributed by atoms with Crippen LogP contribution in [0.1, 0.15) is 67.7 Å². The minimum atomic E-state index is 0.0564. The summed E-state index contributed by atoms with van der Waals surface area (Å²) in [4.78, 5) is 22.0. The molecular formula is C31H37N3O2. The van der Waals surface area contributed by atoms with E-state index in [2.05, 4.69) is 61.8 Å². The van der Waals surface area contributed by atoms with E-state index in [0.29, 0.717) is 5.56 Å². The minimum Gasteiger partial charge on any atom is -0.508 e. The number of aromatic nitrogens is 1. The number of phenols is 1. The van der Waals surface area contributed by atoms with E-state index in [4.69, 9.17) is 0 Å². The Bertz CT molecular complexity index is 1180. The number of aromatic hydroxyl groups is 1. The highest BCUT2D eigenvalue weighted by Gasteiger charge is 2.23. The number of carbonyl (C=O) groups excluding carboxylic acids is 1. The van der Waals surface area contributed by atoms with Crippen LogP contribution in [-0.4, -0.2) is 51.0 Å². The Labute approximate surface area is 215 Å². The Morgan fingerprint density at radius 1 is 0.889 bits per heavy atom. The largest absolute Gasteiger partial charge is 0.508 e. The van der Waals surface area contributed by atoms with Gasteiger partial charge in [0, 0.05) is 43.5 Å². The quantitative estimate of drug-likeness (QED) is 0.438. The van der Waals surface area contributed by atoms with Gasteiger partial charge >= 0.3 is 0 Å². The average Bonchev–Trinajstić information content (AvgIpc) is 2.86. The molecule has 3 aromatic rings. The normalized spacial score (nSPS) is 14.3. The van der Waals surface area contributed by atoms with Gasteiger partial charge in [-0.3, -0.25) is 14.7 Å². The summed E-state index contributed by atoms with van der Waals surface area (Å²) < 4.78 is 0. The molecule has 1 saturated heterocycles. The van der Waals surface area contributed by atoms with Crippen LogP contribution in [0.3, 0.4) is 0 Å². The van der Waals surface area contributed by atoms with Gasteiger partial charge in [0.25, 0.3) is 5.91 Å². The van der Waals surface area contributed by atoms with Gasteiger partial charge in [-0.2, -0.15) is 0 Å². The monoisotopic (exact) mass is 483 g/mol. The van der Waals surface area contributed by atoms with Crippen LogP contribution in [0.2, 0.25) is 0 Å². The standard InChI is InChI=1S/C31H37N3O2/c1-22(2)34(23(3)4)31(36)26-13-11-24(12-14-26)30(27-8-7-10-29(35)20-27)25-15-18-33(19-16-25)21-28-9-5-6-17-32-28/h5-14,17,20,22-23,35H,15-16,18-19,21H2,1-4H3. The van der Waals surface area contributed by atoms with E-state index in [0.717, 1.165) is 54.9 Å². The molecule has 1 aliphatic heterocycles. The second-order valence-corrected chi connectivity index (χ2v) is 10.1. The molecule has 0 unspecified atom stereocenters. The van der Waals surface area contributed by atoms with Crippen molar-refractivity contribution in [1.29, 1.82) is 0 Å². The van der Waals surface area contributed by atoms with E-state index >= 15 is 0 Å². The first-order valence-electron chi connectivity index (χ1n) is 12.9. The molecule has 1 fully saturated rings. The maximum absolute atomic E-state index is 13.2. The number of hydrogen-bond donors (Lipinski definition) is 1. The zero-order chi connectivity index (χ0) is 25.7. The predicted molar refractivity (Wildman–Crippen MR) is 146 cm³/mol. The molecule has 5 nitrogen and oxygen atoms in total. The van der Waals surface area contributed by atoms with Crippen LogP contribution >= 0.6 is 0 Å². The number of pyridine rings is 1. The van der Waals surface area contributed by atoms with Gasteiger partial charge in [0.05, 0.1) is 5.69 Å². The molecule has 36 heavy (non-hydrogen) atoms. The molecule has 1 aliphatic rings. The average molecular weight is 484 g/mol. The van der Waals surface area contributed by atoms with Crippen LogP contribution in [0.25, 0.3) is 5.57 Å². The number of hydrogen-bond acceptors (Lipinski definition) is 4. The number of likely N-dealkylation sites (tertiary alicyclic amines) is 1. The number of amides is 1. The fourth-order valence-electron chi connectivity index (χ4n) is 5.18. The summed E-state index contributed by atoms with van der Waals surface area (Å²) in [6.45, 7) is 11.0. The van der Waals surface area contributed by atoms with Crippen molar-refractivity contribution in [2.24, 2.45) is 0 Å². The Morgan fingerprint density at radius 3 is 2.14 bits per heavy atom. The number of piperidine rings is 1. The topological polar surface area (TPSA) is 56.7 Å². The highest BCUT2D eigenvalue weighted by atomic mass is 16.3. The lowest BCUT2D eigenvalue weighted by atomic mass is 9.88. The van der Waals surface area contributed by atoms with Crippen LogP contribution in [0.15, 0.2) is 78.5 Å². The molecule has 1 N–H and O–H groups in total. The predicted octanol–water partition coefficient (Wildman–Crippen LogP) is 6.14. The molecule has 2 aromatic carbocycles. The lowest BCUT2D eigenvalue weighted by molar-refractivity contribution is 0.0643. The zero-order valence-electron chi connectivity index (χ0n) is 21.8. The van der Waals surface area contributed by atoms with Gasteiger partial charge in [0.15, 0.2) is 0 Å². The third-order valence-corrected chi connectivity index (χ3v) is 6.83. The van der Waals surface area contributed by atoms with E-state index in [1.807, 2.05) is 47.5 Å². The van der Waals surface area contributed by atoms with Gasteiger partial charge in [-0.25, -0.2) is 0 Å². The third-order valence-electron chi connectivity index (χ3n) is 6.83. The Balaban J connectivity index is 1.61. The molecule has 0 saturated carbocycles. The highest BCUT2D eigenvalue weighted by Crippen LogP contribution is 2.34. The Hall–Kier alpha value is -3.44. The van der Waals surface area contributed by atoms with Crippen LogP contribution in [0.4, 0.5) is 0 Å². The van der Waals surface area contributed by atoms with Crippen molar-refractivity contribution < 1.29 is 9.90 Å². The fourth-order valence-corrected chi connectivity index (χ4v) is 5.18. The maximum atomic E-state index is 13.2. The van der Waals surface area contributed by atoms with Crippen molar-refractivity contribution in [3.8, 4) is 5.75 Å². The molecule has 4 rings (SSSR count). The first-order chi connectivity index (χ1) is 17.3. The van der Waals surface area contributed by atoms with E-state index in [1.165, 1.54) is 5.57 Å². The molecule has 0 atom stereocenters. The van der Waals surface area contributed by atoms with Crippen molar-refractivity contribution in [2.45, 2.75) is 59.2 Å². The van der Waals surface area contributed by atoms with Crippen LogP contribution in [0.5, 0.6) is 5.75 Å². The van der Waals surface area contributed by atoms with Gasteiger partial charge in [0.2, 0.25) is 0 Å². The first-order valence-corrected chi connectivity index (χ1v) is 12.9. The summed E-state index contributed by atoms with van der Waals surface area (Å²) in [6.07, 6.45) is 3.75. The summed E-state index contributed by atoms with van der Waals surface area (Å²) in [7, 11) is 0. The van der Waals surface area contributed by atoms with Gasteiger partial charge < -0.3 is 10.0 Å². The molecule has 0 aliphatic carbocycles. The number of phenolic OH excluding ortho intramolecular Hbond substituents is 1. The molecule has 2 heterocycles. The Kier molecular flexibility index (Phi) is 8.21. The molecule has 188 valence electrons. The summed E-state index contributed by atoms with van der Waals surface area (Å²) in [5.74, 6) is 0.315. The van der Waals surface area contributed by atoms with Gasteiger partial charge in [0.1, 0.15) is 5.75 Å². The summed E-state index contributed by atoms with van der Waals surface area (Å²) in [6, 6.07) is 21.8. The SMILES string of the molecule is CC(C)N(C(=O)c1ccc(C(=C2CCN(Cc3ccccn3)CC2)c2cccc(O)c2)cc1)C(C)C. The van der Waals surface area contributed by atoms with Crippen LogP contribution < -0.4 is 0 Å². The Morgan fingerprint density at radius 2 is 1.56 bits per heavy atom. The molecule has 1 aromatic heterocycles.